The molecule has 3 atom stereocenters. The summed E-state index contributed by atoms with van der Waals surface area (Å²) in [5.74, 6) is -0.512. The molecule has 146 valence electrons. The van der Waals surface area contributed by atoms with Crippen LogP contribution < -0.4 is 11.2 Å². The van der Waals surface area contributed by atoms with Gasteiger partial charge in [0.1, 0.15) is 18.9 Å². The average Bonchev–Trinajstić information content (AvgIpc) is 3.06. The van der Waals surface area contributed by atoms with Crippen molar-refractivity contribution >= 4 is 5.97 Å². The van der Waals surface area contributed by atoms with E-state index in [1.165, 1.54) is 10.8 Å². The van der Waals surface area contributed by atoms with Crippen LogP contribution in [-0.4, -0.2) is 34.3 Å². The first-order valence-corrected chi connectivity index (χ1v) is 8.65. The Morgan fingerprint density at radius 3 is 2.82 bits per heavy atom. The molecule has 0 bridgehead atoms. The second kappa shape index (κ2) is 8.12. The minimum Gasteiger partial charge on any atom is -0.459 e. The molecule has 1 fully saturated rings. The van der Waals surface area contributed by atoms with Crippen molar-refractivity contribution < 1.29 is 14.3 Å². The van der Waals surface area contributed by atoms with E-state index in [1.807, 2.05) is 6.07 Å². The molecule has 0 radical (unpaired) electrons. The van der Waals surface area contributed by atoms with Gasteiger partial charge < -0.3 is 9.47 Å². The fourth-order valence-corrected chi connectivity index (χ4v) is 3.06. The highest BCUT2D eigenvalue weighted by Crippen LogP contribution is 2.30. The number of nitrogens with zero attached hydrogens (tertiary/aromatic N) is 4. The number of nitrogens with one attached hydrogen (secondary N) is 1. The zero-order chi connectivity index (χ0) is 20.3. The van der Waals surface area contributed by atoms with Crippen molar-refractivity contribution in [3.8, 4) is 0 Å². The van der Waals surface area contributed by atoms with E-state index in [0.29, 0.717) is 11.1 Å². The predicted octanol–water partition coefficient (Wildman–Crippen LogP) is 1.98. The van der Waals surface area contributed by atoms with Gasteiger partial charge in [0.2, 0.25) is 0 Å². The summed E-state index contributed by atoms with van der Waals surface area (Å²) in [5.41, 5.74) is 9.26. The lowest BCUT2D eigenvalue weighted by molar-refractivity contribution is -0.0363. The number of rotatable bonds is 5. The largest absolute Gasteiger partial charge is 0.459 e. The molecule has 0 amide bonds. The lowest BCUT2D eigenvalue weighted by atomic mass is 10.1. The summed E-state index contributed by atoms with van der Waals surface area (Å²) in [5, 5.41) is 3.70. The number of carbonyl (C=O) groups excluding carboxylic acids is 1. The third-order valence-corrected chi connectivity index (χ3v) is 4.60. The Kier molecular flexibility index (Phi) is 5.62. The maximum absolute atomic E-state index is 12.3. The quantitative estimate of drug-likeness (QED) is 0.363. The normalized spacial score (nSPS) is 21.1. The standard InChI is InChI=1S/C18H19N5O5/c1-10-5-3-4-6-12(10)17(25)27-9-14-13(21-22-19)7-15(28-14)23-8-11(2)16(24)20-18(23)26/h3-6,8,13-15H,7,9H2,1-2H3,(H,20,24,26)/t13-,14+,15+/m0/s1. The number of hydrogen-bond acceptors (Lipinski definition) is 6. The van der Waals surface area contributed by atoms with Crippen LogP contribution in [0.3, 0.4) is 0 Å². The molecule has 0 saturated carbocycles. The summed E-state index contributed by atoms with van der Waals surface area (Å²) in [4.78, 5) is 40.9. The number of aromatic nitrogens is 2. The molecule has 0 unspecified atom stereocenters. The van der Waals surface area contributed by atoms with Gasteiger partial charge in [-0.15, -0.1) is 0 Å². The number of ether oxygens (including phenoxy) is 2. The molecule has 10 heteroatoms. The van der Waals surface area contributed by atoms with Gasteiger partial charge in [-0.3, -0.25) is 14.3 Å². The number of aromatic amines is 1. The molecule has 2 heterocycles. The molecule has 1 aliphatic heterocycles. The zero-order valence-electron chi connectivity index (χ0n) is 15.4. The first-order chi connectivity index (χ1) is 13.4. The first kappa shape index (κ1) is 19.4. The number of esters is 1. The summed E-state index contributed by atoms with van der Waals surface area (Å²) in [7, 11) is 0. The van der Waals surface area contributed by atoms with Crippen LogP contribution in [0, 0.1) is 13.8 Å². The molecule has 1 aliphatic rings. The van der Waals surface area contributed by atoms with E-state index < -0.39 is 35.6 Å². The summed E-state index contributed by atoms with van der Waals surface area (Å²) < 4.78 is 12.4. The van der Waals surface area contributed by atoms with E-state index in [0.717, 1.165) is 5.56 Å². The lowest BCUT2D eigenvalue weighted by Gasteiger charge is -2.17. The van der Waals surface area contributed by atoms with Crippen LogP contribution in [0.2, 0.25) is 0 Å². The van der Waals surface area contributed by atoms with Crippen molar-refractivity contribution in [2.75, 3.05) is 6.61 Å². The third kappa shape index (κ3) is 3.98. The number of azide groups is 1. The maximum Gasteiger partial charge on any atom is 0.338 e. The van der Waals surface area contributed by atoms with E-state index in [1.54, 1.807) is 32.0 Å². The van der Waals surface area contributed by atoms with Crippen LogP contribution in [0.15, 0.2) is 45.2 Å². The molecule has 1 saturated heterocycles. The van der Waals surface area contributed by atoms with Gasteiger partial charge in [0.25, 0.3) is 5.56 Å². The van der Waals surface area contributed by atoms with Gasteiger partial charge in [0.15, 0.2) is 0 Å². The number of H-pyrrole nitrogens is 1. The van der Waals surface area contributed by atoms with Gasteiger partial charge in [0.05, 0.1) is 11.6 Å². The Balaban J connectivity index is 1.76. The first-order valence-electron chi connectivity index (χ1n) is 8.65. The van der Waals surface area contributed by atoms with Gasteiger partial charge >= 0.3 is 11.7 Å². The molecule has 3 rings (SSSR count). The molecule has 28 heavy (non-hydrogen) atoms. The summed E-state index contributed by atoms with van der Waals surface area (Å²) in [6, 6.07) is 6.38. The molecule has 2 aromatic rings. The van der Waals surface area contributed by atoms with E-state index in [-0.39, 0.29) is 13.0 Å². The fraction of sp³-hybridized carbons (Fsp3) is 0.389. The number of benzene rings is 1. The summed E-state index contributed by atoms with van der Waals surface area (Å²) in [6.45, 7) is 3.23. The van der Waals surface area contributed by atoms with Crippen LogP contribution in [0.5, 0.6) is 0 Å². The van der Waals surface area contributed by atoms with E-state index >= 15 is 0 Å². The topological polar surface area (TPSA) is 139 Å². The third-order valence-electron chi connectivity index (χ3n) is 4.60. The van der Waals surface area contributed by atoms with Crippen LogP contribution in [-0.2, 0) is 9.47 Å². The second-order valence-electron chi connectivity index (χ2n) is 6.53. The minimum atomic E-state index is -0.749. The van der Waals surface area contributed by atoms with Gasteiger partial charge in [-0.2, -0.15) is 0 Å². The average molecular weight is 385 g/mol. The molecule has 1 N–H and O–H groups in total. The lowest BCUT2D eigenvalue weighted by Crippen LogP contribution is -2.33. The molecule has 1 aromatic carbocycles. The number of aryl methyl sites for hydroxylation is 2. The van der Waals surface area contributed by atoms with Crippen LogP contribution >= 0.6 is 0 Å². The molecule has 1 aromatic heterocycles. The highest BCUT2D eigenvalue weighted by atomic mass is 16.6. The van der Waals surface area contributed by atoms with Crippen molar-refractivity contribution in [3.63, 3.8) is 0 Å². The molecular weight excluding hydrogens is 366 g/mol. The van der Waals surface area contributed by atoms with Crippen molar-refractivity contribution in [2.24, 2.45) is 5.11 Å². The molecular formula is C18H19N5O5. The maximum atomic E-state index is 12.3. The SMILES string of the molecule is Cc1ccccc1C(=O)OC[C@H]1O[C@@H](n2cc(C)c(=O)[nH]c2=O)C[C@@H]1N=[N+]=[N-]. The predicted molar refractivity (Wildman–Crippen MR) is 99.0 cm³/mol. The Hall–Kier alpha value is -3.36. The minimum absolute atomic E-state index is 0.134. The van der Waals surface area contributed by atoms with E-state index in [4.69, 9.17) is 15.0 Å². The Bertz CT molecular complexity index is 1050. The summed E-state index contributed by atoms with van der Waals surface area (Å²) >= 11 is 0. The molecule has 0 aliphatic carbocycles. The monoisotopic (exact) mass is 385 g/mol. The van der Waals surface area contributed by atoms with Crippen LogP contribution in [0.25, 0.3) is 10.4 Å². The smallest absolute Gasteiger partial charge is 0.338 e. The zero-order valence-corrected chi connectivity index (χ0v) is 15.4. The van der Waals surface area contributed by atoms with Gasteiger partial charge in [-0.1, -0.05) is 23.3 Å². The van der Waals surface area contributed by atoms with Crippen LogP contribution in [0.1, 0.15) is 34.1 Å². The molecule has 0 spiro atoms. The highest BCUT2D eigenvalue weighted by molar-refractivity contribution is 5.90. The van der Waals surface area contributed by atoms with Crippen LogP contribution in [0.4, 0.5) is 0 Å². The highest BCUT2D eigenvalue weighted by Gasteiger charge is 2.37. The van der Waals surface area contributed by atoms with Gasteiger partial charge in [-0.25, -0.2) is 9.59 Å². The van der Waals surface area contributed by atoms with Crippen molar-refractivity contribution in [1.82, 2.24) is 9.55 Å². The van der Waals surface area contributed by atoms with Gasteiger partial charge in [-0.05, 0) is 31.0 Å². The number of hydrogen-bond donors (Lipinski definition) is 1. The van der Waals surface area contributed by atoms with Crippen molar-refractivity contribution in [2.45, 2.75) is 38.6 Å². The van der Waals surface area contributed by atoms with Crippen molar-refractivity contribution in [3.05, 3.63) is 78.4 Å². The Morgan fingerprint density at radius 2 is 2.11 bits per heavy atom. The molecule has 10 nitrogen and oxygen atoms in total. The Morgan fingerprint density at radius 1 is 1.36 bits per heavy atom. The number of carbonyl (C=O) groups is 1. The Labute approximate surface area is 159 Å². The summed E-state index contributed by atoms with van der Waals surface area (Å²) in [6.07, 6.45) is 0.136. The fourth-order valence-electron chi connectivity index (χ4n) is 3.06. The second-order valence-corrected chi connectivity index (χ2v) is 6.53. The van der Waals surface area contributed by atoms with E-state index in [2.05, 4.69) is 15.0 Å². The van der Waals surface area contributed by atoms with Crippen molar-refractivity contribution in [1.29, 1.82) is 0 Å². The van der Waals surface area contributed by atoms with E-state index in [9.17, 15) is 14.4 Å². The van der Waals surface area contributed by atoms with Gasteiger partial charge in [0, 0.05) is 23.1 Å².